The molecule has 1 saturated heterocycles. The molecule has 1 aliphatic heterocycles. The van der Waals surface area contributed by atoms with E-state index in [1.54, 1.807) is 6.92 Å². The Bertz CT molecular complexity index is 476. The molecule has 2 rings (SSSR count). The molecule has 1 atom stereocenters. The average molecular weight is 268 g/mol. The predicted molar refractivity (Wildman–Crippen MR) is 64.0 cm³/mol. The van der Waals surface area contributed by atoms with Crippen molar-refractivity contribution in [3.8, 4) is 0 Å². The largest absolute Gasteiger partial charge is 0.478 e. The minimum absolute atomic E-state index is 0.160. The van der Waals surface area contributed by atoms with Crippen LogP contribution >= 0.6 is 0 Å². The molecule has 1 aromatic rings. The van der Waals surface area contributed by atoms with Gasteiger partial charge in [-0.2, -0.15) is 5.10 Å². The second kappa shape index (κ2) is 5.83. The molecule has 0 aliphatic carbocycles. The van der Waals surface area contributed by atoms with Crippen molar-refractivity contribution in [3.63, 3.8) is 0 Å². The van der Waals surface area contributed by atoms with Gasteiger partial charge in [0.2, 0.25) is 0 Å². The van der Waals surface area contributed by atoms with Gasteiger partial charge in [0.05, 0.1) is 6.61 Å². The summed E-state index contributed by atoms with van der Waals surface area (Å²) >= 11 is 0. The Morgan fingerprint density at radius 2 is 2.37 bits per heavy atom. The van der Waals surface area contributed by atoms with Crippen molar-refractivity contribution in [3.05, 3.63) is 17.5 Å². The van der Waals surface area contributed by atoms with Crippen LogP contribution in [0.5, 0.6) is 0 Å². The molecular formula is C12H16N2O5. The number of carbonyl (C=O) groups excluding carboxylic acids is 1. The fourth-order valence-corrected chi connectivity index (χ4v) is 1.98. The normalized spacial score (nSPS) is 19.1. The lowest BCUT2D eigenvalue weighted by Gasteiger charge is -2.22. The van der Waals surface area contributed by atoms with E-state index in [0.717, 1.165) is 19.3 Å². The quantitative estimate of drug-likeness (QED) is 0.831. The van der Waals surface area contributed by atoms with Crippen LogP contribution in [0.2, 0.25) is 0 Å². The predicted octanol–water partition coefficient (Wildman–Crippen LogP) is 1.46. The maximum atomic E-state index is 11.7. The van der Waals surface area contributed by atoms with E-state index in [0.29, 0.717) is 6.61 Å². The molecule has 0 spiro atoms. The molecule has 0 amide bonds. The number of carboxylic acid groups (broad SMARTS) is 1. The van der Waals surface area contributed by atoms with Gasteiger partial charge in [-0.25, -0.2) is 14.3 Å². The molecule has 0 bridgehead atoms. The SMILES string of the molecule is CCOC(=O)c1nn(C2CCCCO2)cc1C(=O)O. The lowest BCUT2D eigenvalue weighted by molar-refractivity contribution is -0.0397. The van der Waals surface area contributed by atoms with Crippen LogP contribution in [-0.4, -0.2) is 40.0 Å². The Morgan fingerprint density at radius 3 is 2.95 bits per heavy atom. The highest BCUT2D eigenvalue weighted by Crippen LogP contribution is 2.23. The Hall–Kier alpha value is -1.89. The lowest BCUT2D eigenvalue weighted by Crippen LogP contribution is -2.19. The van der Waals surface area contributed by atoms with Crippen LogP contribution in [0.3, 0.4) is 0 Å². The Kier molecular flexibility index (Phi) is 4.16. The maximum Gasteiger partial charge on any atom is 0.359 e. The average Bonchev–Trinajstić information content (AvgIpc) is 2.85. The van der Waals surface area contributed by atoms with E-state index in [4.69, 9.17) is 14.6 Å². The second-order valence-corrected chi connectivity index (χ2v) is 4.22. The number of nitrogens with zero attached hydrogens (tertiary/aromatic N) is 2. The second-order valence-electron chi connectivity index (χ2n) is 4.22. The summed E-state index contributed by atoms with van der Waals surface area (Å²) in [7, 11) is 0. The molecule has 7 nitrogen and oxygen atoms in total. The van der Waals surface area contributed by atoms with E-state index in [1.807, 2.05) is 0 Å². The van der Waals surface area contributed by atoms with Gasteiger partial charge in [0.1, 0.15) is 11.8 Å². The highest BCUT2D eigenvalue weighted by molar-refractivity contribution is 6.00. The molecule has 1 aliphatic rings. The molecule has 1 aromatic heterocycles. The monoisotopic (exact) mass is 268 g/mol. The molecular weight excluding hydrogens is 252 g/mol. The molecule has 1 N–H and O–H groups in total. The summed E-state index contributed by atoms with van der Waals surface area (Å²) in [6.45, 7) is 2.44. The van der Waals surface area contributed by atoms with Gasteiger partial charge in [0.15, 0.2) is 5.69 Å². The van der Waals surface area contributed by atoms with Crippen LogP contribution < -0.4 is 0 Å². The smallest absolute Gasteiger partial charge is 0.359 e. The fourth-order valence-electron chi connectivity index (χ4n) is 1.98. The molecule has 19 heavy (non-hydrogen) atoms. The number of ether oxygens (including phenoxy) is 2. The topological polar surface area (TPSA) is 90.6 Å². The molecule has 2 heterocycles. The lowest BCUT2D eigenvalue weighted by atomic mass is 10.2. The number of hydrogen-bond acceptors (Lipinski definition) is 5. The number of esters is 1. The van der Waals surface area contributed by atoms with Gasteiger partial charge in [-0.1, -0.05) is 0 Å². The molecule has 7 heteroatoms. The first-order valence-corrected chi connectivity index (χ1v) is 6.24. The fraction of sp³-hybridized carbons (Fsp3) is 0.583. The van der Waals surface area contributed by atoms with Gasteiger partial charge in [0.25, 0.3) is 0 Å². The third kappa shape index (κ3) is 2.93. The molecule has 104 valence electrons. The van der Waals surface area contributed by atoms with Crippen LogP contribution in [-0.2, 0) is 9.47 Å². The third-order valence-corrected chi connectivity index (χ3v) is 2.88. The van der Waals surface area contributed by atoms with Gasteiger partial charge in [-0.3, -0.25) is 0 Å². The Labute approximate surface area is 110 Å². The van der Waals surface area contributed by atoms with Gasteiger partial charge in [0, 0.05) is 12.8 Å². The van der Waals surface area contributed by atoms with E-state index >= 15 is 0 Å². The van der Waals surface area contributed by atoms with Gasteiger partial charge >= 0.3 is 11.9 Å². The number of carbonyl (C=O) groups is 2. The first kappa shape index (κ1) is 13.5. The van der Waals surface area contributed by atoms with Crippen molar-refractivity contribution in [1.29, 1.82) is 0 Å². The minimum atomic E-state index is -1.20. The summed E-state index contributed by atoms with van der Waals surface area (Å²) in [5.41, 5.74) is -0.337. The molecule has 1 fully saturated rings. The number of rotatable bonds is 4. The molecule has 0 aromatic carbocycles. The van der Waals surface area contributed by atoms with E-state index < -0.39 is 11.9 Å². The summed E-state index contributed by atoms with van der Waals surface area (Å²) in [4.78, 5) is 22.8. The number of aromatic nitrogens is 2. The Morgan fingerprint density at radius 1 is 1.58 bits per heavy atom. The van der Waals surface area contributed by atoms with Crippen molar-refractivity contribution in [1.82, 2.24) is 9.78 Å². The van der Waals surface area contributed by atoms with E-state index in [1.165, 1.54) is 10.9 Å². The van der Waals surface area contributed by atoms with Crippen molar-refractivity contribution in [2.24, 2.45) is 0 Å². The van der Waals surface area contributed by atoms with E-state index in [2.05, 4.69) is 5.10 Å². The zero-order valence-corrected chi connectivity index (χ0v) is 10.7. The number of hydrogen-bond donors (Lipinski definition) is 1. The van der Waals surface area contributed by atoms with Gasteiger partial charge in [-0.05, 0) is 26.2 Å². The number of carboxylic acids is 1. The van der Waals surface area contributed by atoms with Crippen LogP contribution in [0.25, 0.3) is 0 Å². The summed E-state index contributed by atoms with van der Waals surface area (Å²) < 4.78 is 11.7. The summed E-state index contributed by atoms with van der Waals surface area (Å²) in [6, 6.07) is 0. The van der Waals surface area contributed by atoms with Gasteiger partial charge in [-0.15, -0.1) is 0 Å². The van der Waals surface area contributed by atoms with Crippen LogP contribution in [0.1, 0.15) is 53.3 Å². The van der Waals surface area contributed by atoms with Crippen molar-refractivity contribution in [2.45, 2.75) is 32.4 Å². The standard InChI is InChI=1S/C12H16N2O5/c1-2-18-12(17)10-8(11(15)16)7-14(13-10)9-5-3-4-6-19-9/h7,9H,2-6H2,1H3,(H,15,16). The summed E-state index contributed by atoms with van der Waals surface area (Å²) in [5, 5.41) is 13.1. The molecule has 0 saturated carbocycles. The van der Waals surface area contributed by atoms with E-state index in [9.17, 15) is 9.59 Å². The van der Waals surface area contributed by atoms with E-state index in [-0.39, 0.29) is 24.1 Å². The summed E-state index contributed by atoms with van der Waals surface area (Å²) in [5.74, 6) is -1.93. The molecule has 0 radical (unpaired) electrons. The van der Waals surface area contributed by atoms with Crippen LogP contribution in [0.4, 0.5) is 0 Å². The first-order chi connectivity index (χ1) is 9.13. The zero-order chi connectivity index (χ0) is 13.8. The van der Waals surface area contributed by atoms with Crippen LogP contribution in [0, 0.1) is 0 Å². The van der Waals surface area contributed by atoms with Crippen molar-refractivity contribution >= 4 is 11.9 Å². The molecule has 1 unspecified atom stereocenters. The number of aromatic carboxylic acids is 1. The zero-order valence-electron chi connectivity index (χ0n) is 10.7. The third-order valence-electron chi connectivity index (χ3n) is 2.88. The highest BCUT2D eigenvalue weighted by Gasteiger charge is 2.26. The highest BCUT2D eigenvalue weighted by atomic mass is 16.5. The van der Waals surface area contributed by atoms with Crippen LogP contribution in [0.15, 0.2) is 6.20 Å². The van der Waals surface area contributed by atoms with Gasteiger partial charge < -0.3 is 14.6 Å². The summed E-state index contributed by atoms with van der Waals surface area (Å²) in [6.07, 6.45) is 3.74. The maximum absolute atomic E-state index is 11.7. The Balaban J connectivity index is 2.28. The minimum Gasteiger partial charge on any atom is -0.478 e. The first-order valence-electron chi connectivity index (χ1n) is 6.24. The van der Waals surface area contributed by atoms with Crippen molar-refractivity contribution < 1.29 is 24.2 Å². The van der Waals surface area contributed by atoms with Crippen molar-refractivity contribution in [2.75, 3.05) is 13.2 Å².